The number of aryl methyl sites for hydroxylation is 3. The van der Waals surface area contributed by atoms with Gasteiger partial charge < -0.3 is 0 Å². The van der Waals surface area contributed by atoms with Gasteiger partial charge in [0.05, 0.1) is 11.4 Å². The third-order valence-corrected chi connectivity index (χ3v) is 6.16. The molecule has 2 aliphatic rings. The van der Waals surface area contributed by atoms with Crippen LogP contribution in [-0.2, 0) is 0 Å². The van der Waals surface area contributed by atoms with Gasteiger partial charge in [-0.1, -0.05) is 35.4 Å². The van der Waals surface area contributed by atoms with Gasteiger partial charge in [0, 0.05) is 29.4 Å². The molecule has 1 atom stereocenters. The number of nitrogens with zero attached hydrogens (tertiary/aromatic N) is 1. The number of halogens is 2. The molecule has 28 heavy (non-hydrogen) atoms. The maximum absolute atomic E-state index is 13.8. The number of benzene rings is 3. The predicted molar refractivity (Wildman–Crippen MR) is 111 cm³/mol. The topological polar surface area (TPSA) is 12.4 Å². The van der Waals surface area contributed by atoms with Crippen molar-refractivity contribution in [3.05, 3.63) is 75.8 Å². The fourth-order valence-electron chi connectivity index (χ4n) is 4.88. The first-order valence-electron chi connectivity index (χ1n) is 9.93. The first kappa shape index (κ1) is 17.5. The van der Waals surface area contributed by atoms with E-state index in [0.717, 1.165) is 44.4 Å². The van der Waals surface area contributed by atoms with Crippen molar-refractivity contribution >= 4 is 22.2 Å². The molecule has 1 nitrogen and oxygen atoms in total. The van der Waals surface area contributed by atoms with Crippen molar-refractivity contribution in [2.24, 2.45) is 4.99 Å². The second-order valence-electron chi connectivity index (χ2n) is 8.53. The van der Waals surface area contributed by atoms with E-state index in [-0.39, 0.29) is 18.8 Å². The van der Waals surface area contributed by atoms with Gasteiger partial charge >= 0.3 is 0 Å². The Morgan fingerprint density at radius 1 is 0.964 bits per heavy atom. The molecule has 1 saturated carbocycles. The second kappa shape index (κ2) is 5.97. The van der Waals surface area contributed by atoms with Crippen LogP contribution in [0.4, 0.5) is 14.5 Å². The number of aliphatic imine (C=N–C) groups is 1. The van der Waals surface area contributed by atoms with Crippen molar-refractivity contribution in [3.63, 3.8) is 0 Å². The summed E-state index contributed by atoms with van der Waals surface area (Å²) in [5.41, 5.74) is 8.75. The summed E-state index contributed by atoms with van der Waals surface area (Å²) in [6.07, 6.45) is 0.488. The molecule has 5 rings (SSSR count). The summed E-state index contributed by atoms with van der Waals surface area (Å²) in [4.78, 5) is 5.01. The summed E-state index contributed by atoms with van der Waals surface area (Å²) < 4.78 is 27.7. The van der Waals surface area contributed by atoms with Crippen molar-refractivity contribution in [1.29, 1.82) is 0 Å². The molecular formula is C25H23F2N. The molecule has 0 bridgehead atoms. The van der Waals surface area contributed by atoms with Crippen LogP contribution in [0.1, 0.15) is 58.6 Å². The van der Waals surface area contributed by atoms with Crippen LogP contribution in [0.25, 0.3) is 10.8 Å². The number of hydrogen-bond acceptors (Lipinski definition) is 1. The molecule has 0 spiro atoms. The zero-order valence-electron chi connectivity index (χ0n) is 16.4. The molecular weight excluding hydrogens is 352 g/mol. The van der Waals surface area contributed by atoms with Gasteiger partial charge in [-0.3, -0.25) is 0 Å². The fraction of sp³-hybridized carbons (Fsp3) is 0.320. The highest BCUT2D eigenvalue weighted by atomic mass is 19.3. The van der Waals surface area contributed by atoms with E-state index in [0.29, 0.717) is 6.42 Å². The zero-order valence-corrected chi connectivity index (χ0v) is 16.4. The Bertz CT molecular complexity index is 1140. The van der Waals surface area contributed by atoms with Gasteiger partial charge in [-0.15, -0.1) is 0 Å². The minimum Gasteiger partial charge on any atom is -0.247 e. The lowest BCUT2D eigenvalue weighted by atomic mass is 9.89. The molecule has 3 aromatic rings. The van der Waals surface area contributed by atoms with E-state index in [1.807, 2.05) is 0 Å². The van der Waals surface area contributed by atoms with E-state index >= 15 is 0 Å². The highest BCUT2D eigenvalue weighted by molar-refractivity contribution is 6.26. The van der Waals surface area contributed by atoms with Crippen LogP contribution in [0.15, 0.2) is 47.5 Å². The Morgan fingerprint density at radius 3 is 2.39 bits per heavy atom. The van der Waals surface area contributed by atoms with Crippen LogP contribution < -0.4 is 0 Å². The average molecular weight is 375 g/mol. The first-order valence-corrected chi connectivity index (χ1v) is 9.93. The fourth-order valence-corrected chi connectivity index (χ4v) is 4.88. The van der Waals surface area contributed by atoms with E-state index in [2.05, 4.69) is 63.2 Å². The number of rotatable bonds is 2. The quantitative estimate of drug-likeness (QED) is 0.353. The van der Waals surface area contributed by atoms with Crippen molar-refractivity contribution in [2.45, 2.75) is 51.9 Å². The standard InChI is InChI=1S/C25H23F2N/c1-14-8-15(2)10-20(9-14)24-21-12-19(18-6-7-25(26,27)13-18)11-17-5-4-16(3)23(28-24)22(17)21/h4-5,8-12,18H,6-7,13H2,1-3H3. The Balaban J connectivity index is 1.71. The van der Waals surface area contributed by atoms with Gasteiger partial charge in [0.15, 0.2) is 0 Å². The van der Waals surface area contributed by atoms with Crippen LogP contribution in [0.3, 0.4) is 0 Å². The number of alkyl halides is 2. The lowest BCUT2D eigenvalue weighted by molar-refractivity contribution is 0.00777. The highest BCUT2D eigenvalue weighted by Gasteiger charge is 2.40. The summed E-state index contributed by atoms with van der Waals surface area (Å²) in [5, 5.41) is 2.26. The minimum atomic E-state index is -2.54. The van der Waals surface area contributed by atoms with Crippen molar-refractivity contribution < 1.29 is 8.78 Å². The smallest absolute Gasteiger partial charge is 0.247 e. The van der Waals surface area contributed by atoms with E-state index in [9.17, 15) is 8.78 Å². The van der Waals surface area contributed by atoms with Gasteiger partial charge in [0.1, 0.15) is 0 Å². The SMILES string of the molecule is Cc1cc(C)cc(C2=Nc3c(C)ccc4cc(C5CCC(F)(F)C5)cc2c34)c1. The van der Waals surface area contributed by atoms with E-state index in [1.165, 1.54) is 11.1 Å². The van der Waals surface area contributed by atoms with Crippen molar-refractivity contribution in [1.82, 2.24) is 0 Å². The van der Waals surface area contributed by atoms with Crippen LogP contribution in [0.5, 0.6) is 0 Å². The van der Waals surface area contributed by atoms with Crippen LogP contribution >= 0.6 is 0 Å². The molecule has 1 aliphatic heterocycles. The zero-order chi connectivity index (χ0) is 19.6. The van der Waals surface area contributed by atoms with Crippen molar-refractivity contribution in [3.8, 4) is 0 Å². The third-order valence-electron chi connectivity index (χ3n) is 6.16. The molecule has 1 heterocycles. The van der Waals surface area contributed by atoms with Gasteiger partial charge in [0.2, 0.25) is 5.92 Å². The molecule has 1 aliphatic carbocycles. The van der Waals surface area contributed by atoms with Gasteiger partial charge in [-0.05, 0) is 67.8 Å². The van der Waals surface area contributed by atoms with Gasteiger partial charge in [-0.2, -0.15) is 0 Å². The van der Waals surface area contributed by atoms with E-state index in [4.69, 9.17) is 4.99 Å². The molecule has 1 fully saturated rings. The molecule has 1 unspecified atom stereocenters. The molecule has 142 valence electrons. The van der Waals surface area contributed by atoms with E-state index < -0.39 is 5.92 Å². The van der Waals surface area contributed by atoms with Gasteiger partial charge in [0.25, 0.3) is 0 Å². The van der Waals surface area contributed by atoms with Crippen molar-refractivity contribution in [2.75, 3.05) is 0 Å². The maximum atomic E-state index is 13.8. The molecule has 3 aromatic carbocycles. The van der Waals surface area contributed by atoms with Gasteiger partial charge in [-0.25, -0.2) is 13.8 Å². The van der Waals surface area contributed by atoms with Crippen LogP contribution in [0, 0.1) is 20.8 Å². The maximum Gasteiger partial charge on any atom is 0.248 e. The summed E-state index contributed by atoms with van der Waals surface area (Å²) in [5.74, 6) is -2.62. The first-order chi connectivity index (χ1) is 13.3. The monoisotopic (exact) mass is 375 g/mol. The molecule has 0 aromatic heterocycles. The number of hydrogen-bond donors (Lipinski definition) is 0. The molecule has 0 radical (unpaired) electrons. The van der Waals surface area contributed by atoms with Crippen LogP contribution in [-0.4, -0.2) is 11.6 Å². The lowest BCUT2D eigenvalue weighted by Gasteiger charge is -2.15. The lowest BCUT2D eigenvalue weighted by Crippen LogP contribution is -2.09. The highest BCUT2D eigenvalue weighted by Crippen LogP contribution is 2.47. The largest absolute Gasteiger partial charge is 0.248 e. The Labute approximate surface area is 164 Å². The Kier molecular flexibility index (Phi) is 3.74. The summed E-state index contributed by atoms with van der Waals surface area (Å²) in [6.45, 7) is 6.27. The predicted octanol–water partition coefficient (Wildman–Crippen LogP) is 7.15. The Hall–Kier alpha value is -2.55. The molecule has 0 amide bonds. The van der Waals surface area contributed by atoms with Crippen LogP contribution in [0.2, 0.25) is 0 Å². The second-order valence-corrected chi connectivity index (χ2v) is 8.53. The third kappa shape index (κ3) is 2.76. The molecule has 0 N–H and O–H groups in total. The summed E-state index contributed by atoms with van der Waals surface area (Å²) >= 11 is 0. The summed E-state index contributed by atoms with van der Waals surface area (Å²) in [7, 11) is 0. The Morgan fingerprint density at radius 2 is 1.71 bits per heavy atom. The minimum absolute atomic E-state index is 0.0117. The summed E-state index contributed by atoms with van der Waals surface area (Å²) in [6, 6.07) is 14.9. The van der Waals surface area contributed by atoms with E-state index in [1.54, 1.807) is 0 Å². The molecule has 3 heteroatoms. The molecule has 0 saturated heterocycles. The normalized spacial score (nSPS) is 20.0. The average Bonchev–Trinajstić information content (AvgIpc) is 3.18.